The van der Waals surface area contributed by atoms with E-state index in [9.17, 15) is 30.0 Å². The Balaban J connectivity index is 0.00000288. The number of carboxylic acid groups (broad SMARTS) is 2. The maximum absolute atomic E-state index is 11.4. The average molecular weight is 643 g/mol. The zero-order valence-electron chi connectivity index (χ0n) is 27.7. The number of hydrogen-bond donors (Lipinski definition) is 4. The number of aromatic amines is 2. The summed E-state index contributed by atoms with van der Waals surface area (Å²) in [6.45, 7) is 11.0. The van der Waals surface area contributed by atoms with Gasteiger partial charge in [0.2, 0.25) is 0 Å². The Morgan fingerprint density at radius 3 is 1.80 bits per heavy atom. The number of allylic oxidation sites excluding steroid dienone is 3. The SMILES string of the molecule is CC1=C(CCC(=O)[O-])c2cc3[nH]c(cc4nc(cc5[nH]c(cc1n2)c(C)c5C(C)O)C(C)=C4C(C)O)c(C)c3CCC(=O)[O-].[Na+].[Na+]. The van der Waals surface area contributed by atoms with Crippen molar-refractivity contribution < 1.29 is 89.1 Å². The Hall–Kier alpha value is -2.54. The molecule has 8 bridgehead atoms. The van der Waals surface area contributed by atoms with E-state index in [-0.39, 0.29) is 84.8 Å². The molecule has 12 heteroatoms. The Morgan fingerprint density at radius 2 is 1.20 bits per heavy atom. The number of H-pyrrole nitrogens is 2. The monoisotopic (exact) mass is 642 g/mol. The fourth-order valence-electron chi connectivity index (χ4n) is 6.30. The van der Waals surface area contributed by atoms with Gasteiger partial charge in [0.25, 0.3) is 0 Å². The van der Waals surface area contributed by atoms with Crippen LogP contribution in [0.15, 0.2) is 24.3 Å². The van der Waals surface area contributed by atoms with Crippen LogP contribution < -0.4 is 69.3 Å². The van der Waals surface area contributed by atoms with Crippen molar-refractivity contribution in [3.8, 4) is 0 Å². The molecule has 0 radical (unpaired) electrons. The zero-order valence-corrected chi connectivity index (χ0v) is 31.7. The molecule has 2 unspecified atom stereocenters. The van der Waals surface area contributed by atoms with Crippen LogP contribution in [-0.4, -0.2) is 48.2 Å². The molecule has 46 heavy (non-hydrogen) atoms. The number of fused-ring (bicyclic) bond motifs is 8. The van der Waals surface area contributed by atoms with Gasteiger partial charge in [-0.25, -0.2) is 9.97 Å². The second-order valence-corrected chi connectivity index (χ2v) is 11.6. The number of aliphatic hydroxyl groups excluding tert-OH is 2. The first-order valence-corrected chi connectivity index (χ1v) is 14.7. The van der Waals surface area contributed by atoms with Crippen LogP contribution in [0.5, 0.6) is 0 Å². The van der Waals surface area contributed by atoms with Crippen LogP contribution >= 0.6 is 0 Å². The van der Waals surface area contributed by atoms with Gasteiger partial charge in [0.1, 0.15) is 0 Å². The number of aromatic nitrogens is 4. The van der Waals surface area contributed by atoms with Gasteiger partial charge in [-0.3, -0.25) is 0 Å². The average Bonchev–Trinajstić information content (AvgIpc) is 3.59. The van der Waals surface area contributed by atoms with Crippen molar-refractivity contribution in [2.24, 2.45) is 0 Å². The maximum Gasteiger partial charge on any atom is 1.00 e. The van der Waals surface area contributed by atoms with Crippen LogP contribution in [0.2, 0.25) is 0 Å². The molecule has 0 amide bonds. The van der Waals surface area contributed by atoms with Crippen molar-refractivity contribution in [3.05, 3.63) is 69.3 Å². The van der Waals surface area contributed by atoms with Gasteiger partial charge in [0, 0.05) is 45.1 Å². The van der Waals surface area contributed by atoms with Crippen LogP contribution in [0.4, 0.5) is 0 Å². The Labute approximate surface area is 311 Å². The molecule has 2 aliphatic heterocycles. The topological polar surface area (TPSA) is 178 Å². The first-order chi connectivity index (χ1) is 20.8. The molecule has 2 atom stereocenters. The van der Waals surface area contributed by atoms with Crippen LogP contribution in [-0.2, 0) is 16.0 Å². The largest absolute Gasteiger partial charge is 1.00 e. The van der Waals surface area contributed by atoms with Crippen molar-refractivity contribution in [1.29, 1.82) is 0 Å². The van der Waals surface area contributed by atoms with E-state index in [1.807, 2.05) is 52.0 Å². The summed E-state index contributed by atoms with van der Waals surface area (Å²) >= 11 is 0. The molecular formula is C34H36N4Na2O6. The summed E-state index contributed by atoms with van der Waals surface area (Å²) < 4.78 is 0. The number of carbonyl (C=O) groups is 2. The second kappa shape index (κ2) is 15.1. The summed E-state index contributed by atoms with van der Waals surface area (Å²) in [5.74, 6) is -2.34. The smallest absolute Gasteiger partial charge is 0.550 e. The number of nitrogens with zero attached hydrogens (tertiary/aromatic N) is 2. The summed E-state index contributed by atoms with van der Waals surface area (Å²) in [5, 5.41) is 44.4. The van der Waals surface area contributed by atoms with Gasteiger partial charge in [0.15, 0.2) is 0 Å². The van der Waals surface area contributed by atoms with Crippen LogP contribution in [0, 0.1) is 13.8 Å². The minimum Gasteiger partial charge on any atom is -0.550 e. The predicted octanol–water partition coefficient (Wildman–Crippen LogP) is -2.55. The third-order valence-electron chi connectivity index (χ3n) is 8.63. The molecule has 0 saturated heterocycles. The molecule has 3 aromatic rings. The summed E-state index contributed by atoms with van der Waals surface area (Å²) in [6, 6.07) is 7.41. The van der Waals surface area contributed by atoms with E-state index in [1.54, 1.807) is 13.8 Å². The van der Waals surface area contributed by atoms with Gasteiger partial charge in [-0.2, -0.15) is 0 Å². The first-order valence-electron chi connectivity index (χ1n) is 14.7. The van der Waals surface area contributed by atoms with E-state index in [2.05, 4.69) is 9.97 Å². The minimum absolute atomic E-state index is 0. The fraction of sp³-hybridized carbons (Fsp3) is 0.353. The molecule has 5 rings (SSSR count). The molecule has 10 nitrogen and oxygen atoms in total. The van der Waals surface area contributed by atoms with E-state index >= 15 is 0 Å². The molecule has 5 heterocycles. The number of nitrogens with one attached hydrogen (secondary N) is 2. The number of aliphatic hydroxyl groups is 2. The molecule has 0 fully saturated rings. The number of hydrogen-bond acceptors (Lipinski definition) is 8. The van der Waals surface area contributed by atoms with Gasteiger partial charge in [-0.15, -0.1) is 0 Å². The summed E-state index contributed by atoms with van der Waals surface area (Å²) in [4.78, 5) is 39.5. The number of aliphatic carboxylic acids is 2. The van der Waals surface area contributed by atoms with E-state index in [4.69, 9.17) is 9.97 Å². The van der Waals surface area contributed by atoms with Crippen molar-refractivity contribution in [3.63, 3.8) is 0 Å². The number of aryl methyl sites for hydroxylation is 3. The van der Waals surface area contributed by atoms with Gasteiger partial charge in [0.05, 0.1) is 35.0 Å². The Kier molecular flexibility index (Phi) is 12.5. The fourth-order valence-corrected chi connectivity index (χ4v) is 6.30. The Morgan fingerprint density at radius 1 is 0.696 bits per heavy atom. The van der Waals surface area contributed by atoms with E-state index in [0.29, 0.717) is 50.5 Å². The molecule has 2 aliphatic rings. The molecule has 0 spiro atoms. The van der Waals surface area contributed by atoms with E-state index in [1.165, 1.54) is 0 Å². The number of carbonyl (C=O) groups excluding carboxylic acids is 2. The van der Waals surface area contributed by atoms with Crippen LogP contribution in [0.1, 0.15) is 98.1 Å². The summed E-state index contributed by atoms with van der Waals surface area (Å²) in [5.41, 5.74) is 11.3. The van der Waals surface area contributed by atoms with Crippen molar-refractivity contribution in [2.75, 3.05) is 0 Å². The van der Waals surface area contributed by atoms with E-state index < -0.39 is 24.1 Å². The molecule has 0 aromatic carbocycles. The first kappa shape index (κ1) is 37.9. The Bertz CT molecular complexity index is 1930. The molecule has 0 aliphatic carbocycles. The molecular weight excluding hydrogens is 606 g/mol. The van der Waals surface area contributed by atoms with Crippen molar-refractivity contribution >= 4 is 56.3 Å². The van der Waals surface area contributed by atoms with Gasteiger partial charge in [-0.1, -0.05) is 0 Å². The third-order valence-corrected chi connectivity index (χ3v) is 8.63. The number of carboxylic acids is 2. The number of rotatable bonds is 8. The van der Waals surface area contributed by atoms with Crippen molar-refractivity contribution in [2.45, 2.75) is 79.4 Å². The van der Waals surface area contributed by atoms with Gasteiger partial charge in [-0.05, 0) is 125 Å². The normalized spacial score (nSPS) is 14.1. The minimum atomic E-state index is -1.17. The van der Waals surface area contributed by atoms with Gasteiger partial charge >= 0.3 is 59.1 Å². The third kappa shape index (κ3) is 7.45. The zero-order chi connectivity index (χ0) is 32.0. The quantitative estimate of drug-likeness (QED) is 0.194. The molecule has 0 saturated carbocycles. The molecule has 4 N–H and O–H groups in total. The van der Waals surface area contributed by atoms with Crippen LogP contribution in [0.25, 0.3) is 44.4 Å². The standard InChI is InChI=1S/C34H38N4O6.2Na/c1-15-21(7-9-31(41)42)27-14-28-22(8-10-32(43)44)16(2)24(36-28)12-29-34(20(6)40)18(4)26(38-29)13-30-33(19(5)39)17(3)25(37-30)11-23(15)35-27;;/h11-14,19-20,36-37,39-40H,7-10H2,1-6H3,(H,41,42)(H,43,44);;/q;2*+1/p-2. The van der Waals surface area contributed by atoms with Gasteiger partial charge < -0.3 is 40.0 Å². The summed E-state index contributed by atoms with van der Waals surface area (Å²) in [7, 11) is 0. The maximum atomic E-state index is 11.4. The summed E-state index contributed by atoms with van der Waals surface area (Å²) in [6.07, 6.45) is -1.56. The molecule has 230 valence electrons. The van der Waals surface area contributed by atoms with Crippen molar-refractivity contribution in [1.82, 2.24) is 19.9 Å². The van der Waals surface area contributed by atoms with E-state index in [0.717, 1.165) is 38.9 Å². The predicted molar refractivity (Wildman–Crippen MR) is 165 cm³/mol. The second-order valence-electron chi connectivity index (χ2n) is 11.6. The van der Waals surface area contributed by atoms with Crippen LogP contribution in [0.3, 0.4) is 0 Å². The molecule has 3 aromatic heterocycles.